The van der Waals surface area contributed by atoms with Crippen LogP contribution in [0.4, 0.5) is 0 Å². The van der Waals surface area contributed by atoms with Crippen LogP contribution in [0.25, 0.3) is 32.8 Å². The zero-order valence-electron chi connectivity index (χ0n) is 13.6. The van der Waals surface area contributed by atoms with E-state index in [1.807, 2.05) is 56.6 Å². The Morgan fingerprint density at radius 3 is 2.79 bits per heavy atom. The van der Waals surface area contributed by atoms with E-state index >= 15 is 0 Å². The number of hydrogen-bond acceptors (Lipinski definition) is 4. The average Bonchev–Trinajstić information content (AvgIpc) is 2.94. The van der Waals surface area contributed by atoms with Gasteiger partial charge in [0.05, 0.1) is 10.9 Å². The van der Waals surface area contributed by atoms with Crippen LogP contribution in [0.5, 0.6) is 5.75 Å². The molecule has 0 fully saturated rings. The SMILES string of the molecule is CN(C)CCOc1ccc2c(c1)[nH]c(=O)c1c3ccccc3oc21. The van der Waals surface area contributed by atoms with E-state index in [9.17, 15) is 4.79 Å². The Kier molecular flexibility index (Phi) is 3.50. The van der Waals surface area contributed by atoms with E-state index < -0.39 is 0 Å². The van der Waals surface area contributed by atoms with Gasteiger partial charge in [-0.2, -0.15) is 0 Å². The molecule has 0 amide bonds. The normalized spacial score (nSPS) is 11.8. The fourth-order valence-electron chi connectivity index (χ4n) is 2.91. The van der Waals surface area contributed by atoms with Gasteiger partial charge in [-0.05, 0) is 32.3 Å². The fraction of sp³-hybridized carbons (Fsp3) is 0.211. The number of para-hydroxylation sites is 1. The van der Waals surface area contributed by atoms with Crippen molar-refractivity contribution >= 4 is 32.8 Å². The van der Waals surface area contributed by atoms with Gasteiger partial charge in [-0.3, -0.25) is 4.79 Å². The number of likely N-dealkylation sites (N-methyl/N-ethyl adjacent to an activating group) is 1. The third-order valence-electron chi connectivity index (χ3n) is 4.11. The number of rotatable bonds is 4. The summed E-state index contributed by atoms with van der Waals surface area (Å²) in [5, 5.41) is 2.31. The predicted octanol–water partition coefficient (Wildman–Crippen LogP) is 3.37. The average molecular weight is 322 g/mol. The van der Waals surface area contributed by atoms with Crippen LogP contribution in [-0.4, -0.2) is 37.1 Å². The van der Waals surface area contributed by atoms with Crippen LogP contribution in [0.2, 0.25) is 0 Å². The minimum Gasteiger partial charge on any atom is -0.492 e. The van der Waals surface area contributed by atoms with Crippen molar-refractivity contribution < 1.29 is 9.15 Å². The van der Waals surface area contributed by atoms with Gasteiger partial charge in [0.15, 0.2) is 0 Å². The summed E-state index contributed by atoms with van der Waals surface area (Å²) in [5.74, 6) is 0.732. The summed E-state index contributed by atoms with van der Waals surface area (Å²) in [5.41, 5.74) is 1.91. The lowest BCUT2D eigenvalue weighted by atomic mass is 10.1. The van der Waals surface area contributed by atoms with E-state index in [1.165, 1.54) is 0 Å². The molecule has 2 aromatic heterocycles. The highest BCUT2D eigenvalue weighted by Crippen LogP contribution is 2.31. The zero-order valence-corrected chi connectivity index (χ0v) is 13.6. The molecule has 5 heteroatoms. The van der Waals surface area contributed by atoms with Gasteiger partial charge in [0.2, 0.25) is 0 Å². The van der Waals surface area contributed by atoms with Gasteiger partial charge < -0.3 is 19.0 Å². The summed E-state index contributed by atoms with van der Waals surface area (Å²) in [6.07, 6.45) is 0. The molecule has 1 N–H and O–H groups in total. The highest BCUT2D eigenvalue weighted by Gasteiger charge is 2.14. The Bertz CT molecular complexity index is 1090. The number of hydrogen-bond donors (Lipinski definition) is 1. The second kappa shape index (κ2) is 5.69. The molecule has 0 aliphatic carbocycles. The molecule has 0 spiro atoms. The third-order valence-corrected chi connectivity index (χ3v) is 4.11. The first-order valence-electron chi connectivity index (χ1n) is 7.88. The van der Waals surface area contributed by atoms with Crippen LogP contribution in [0.3, 0.4) is 0 Å². The van der Waals surface area contributed by atoms with Gasteiger partial charge in [-0.25, -0.2) is 0 Å². The maximum atomic E-state index is 12.5. The van der Waals surface area contributed by atoms with E-state index in [1.54, 1.807) is 0 Å². The van der Waals surface area contributed by atoms with Gasteiger partial charge in [0.25, 0.3) is 5.56 Å². The molecular formula is C19H18N2O3. The van der Waals surface area contributed by atoms with Crippen molar-refractivity contribution in [3.05, 3.63) is 52.8 Å². The van der Waals surface area contributed by atoms with Crippen LogP contribution in [0, 0.1) is 0 Å². The van der Waals surface area contributed by atoms with Gasteiger partial charge >= 0.3 is 0 Å². The number of ether oxygens (including phenoxy) is 1. The largest absolute Gasteiger partial charge is 0.492 e. The standard InChI is InChI=1S/C19H18N2O3/c1-21(2)9-10-23-12-7-8-13-15(11-12)20-19(22)17-14-5-3-4-6-16(14)24-18(13)17/h3-8,11H,9-10H2,1-2H3,(H,20,22). The summed E-state index contributed by atoms with van der Waals surface area (Å²) in [4.78, 5) is 17.5. The molecule has 4 rings (SSSR count). The van der Waals surface area contributed by atoms with E-state index in [4.69, 9.17) is 9.15 Å². The van der Waals surface area contributed by atoms with Crippen LogP contribution >= 0.6 is 0 Å². The van der Waals surface area contributed by atoms with E-state index in [0.717, 1.165) is 28.6 Å². The van der Waals surface area contributed by atoms with Crippen LogP contribution in [-0.2, 0) is 0 Å². The minimum atomic E-state index is -0.145. The van der Waals surface area contributed by atoms with Crippen molar-refractivity contribution in [1.82, 2.24) is 9.88 Å². The molecule has 0 aliphatic heterocycles. The van der Waals surface area contributed by atoms with Crippen LogP contribution < -0.4 is 10.3 Å². The zero-order chi connectivity index (χ0) is 16.7. The van der Waals surface area contributed by atoms with E-state index in [2.05, 4.69) is 9.88 Å². The van der Waals surface area contributed by atoms with Gasteiger partial charge in [-0.15, -0.1) is 0 Å². The topological polar surface area (TPSA) is 58.5 Å². The Morgan fingerprint density at radius 1 is 1.12 bits per heavy atom. The lowest BCUT2D eigenvalue weighted by Gasteiger charge is -2.11. The number of pyridine rings is 1. The number of aromatic amines is 1. The molecule has 2 heterocycles. The maximum Gasteiger partial charge on any atom is 0.260 e. The first-order chi connectivity index (χ1) is 11.6. The summed E-state index contributed by atoms with van der Waals surface area (Å²) in [7, 11) is 4.00. The quantitative estimate of drug-likeness (QED) is 0.626. The molecule has 122 valence electrons. The fourth-order valence-corrected chi connectivity index (χ4v) is 2.91. The predicted molar refractivity (Wildman–Crippen MR) is 95.9 cm³/mol. The van der Waals surface area contributed by atoms with Crippen molar-refractivity contribution in [2.75, 3.05) is 27.2 Å². The van der Waals surface area contributed by atoms with Crippen molar-refractivity contribution in [2.24, 2.45) is 0 Å². The van der Waals surface area contributed by atoms with Crippen molar-refractivity contribution in [1.29, 1.82) is 0 Å². The lowest BCUT2D eigenvalue weighted by molar-refractivity contribution is 0.261. The molecule has 2 aromatic carbocycles. The molecular weight excluding hydrogens is 304 g/mol. The lowest BCUT2D eigenvalue weighted by Crippen LogP contribution is -2.19. The Morgan fingerprint density at radius 2 is 1.96 bits per heavy atom. The van der Waals surface area contributed by atoms with E-state index in [-0.39, 0.29) is 5.56 Å². The molecule has 0 atom stereocenters. The molecule has 0 aliphatic rings. The molecule has 4 aromatic rings. The summed E-state index contributed by atoms with van der Waals surface area (Å²) in [6, 6.07) is 13.3. The number of furan rings is 1. The maximum absolute atomic E-state index is 12.5. The van der Waals surface area contributed by atoms with Gasteiger partial charge in [0.1, 0.15) is 23.5 Å². The number of H-pyrrole nitrogens is 1. The Balaban J connectivity index is 1.85. The van der Waals surface area contributed by atoms with Gasteiger partial charge in [-0.1, -0.05) is 18.2 Å². The van der Waals surface area contributed by atoms with E-state index in [0.29, 0.717) is 23.1 Å². The molecule has 0 radical (unpaired) electrons. The number of nitrogens with one attached hydrogen (secondary N) is 1. The second-order valence-electron chi connectivity index (χ2n) is 6.12. The number of benzene rings is 2. The molecule has 0 saturated carbocycles. The summed E-state index contributed by atoms with van der Waals surface area (Å²) >= 11 is 0. The summed E-state index contributed by atoms with van der Waals surface area (Å²) in [6.45, 7) is 1.42. The van der Waals surface area contributed by atoms with Gasteiger partial charge in [0, 0.05) is 23.4 Å². The van der Waals surface area contributed by atoms with Crippen molar-refractivity contribution in [2.45, 2.75) is 0 Å². The highest BCUT2D eigenvalue weighted by atomic mass is 16.5. The third kappa shape index (κ3) is 2.43. The van der Waals surface area contributed by atoms with Crippen molar-refractivity contribution in [3.8, 4) is 5.75 Å². The summed E-state index contributed by atoms with van der Waals surface area (Å²) < 4.78 is 11.7. The number of aromatic nitrogens is 1. The number of nitrogens with zero attached hydrogens (tertiary/aromatic N) is 1. The molecule has 5 nitrogen and oxygen atoms in total. The smallest absolute Gasteiger partial charge is 0.260 e. The highest BCUT2D eigenvalue weighted by molar-refractivity contribution is 6.13. The molecule has 0 bridgehead atoms. The van der Waals surface area contributed by atoms with Crippen molar-refractivity contribution in [3.63, 3.8) is 0 Å². The minimum absolute atomic E-state index is 0.145. The van der Waals surface area contributed by atoms with Crippen LogP contribution in [0.1, 0.15) is 0 Å². The first kappa shape index (κ1) is 14.8. The first-order valence-corrected chi connectivity index (χ1v) is 7.88. The van der Waals surface area contributed by atoms with Crippen LogP contribution in [0.15, 0.2) is 51.7 Å². The molecule has 24 heavy (non-hydrogen) atoms. The molecule has 0 saturated heterocycles. The molecule has 0 unspecified atom stereocenters. The Hall–Kier alpha value is -2.79. The number of fused-ring (bicyclic) bond motifs is 5. The Labute approximate surface area is 138 Å². The second-order valence-corrected chi connectivity index (χ2v) is 6.12. The monoisotopic (exact) mass is 322 g/mol.